The molecular weight excluding hydrogens is 218 g/mol. The maximum absolute atomic E-state index is 11.7. The summed E-state index contributed by atoms with van der Waals surface area (Å²) in [5, 5.41) is 0. The van der Waals surface area contributed by atoms with Crippen molar-refractivity contribution < 1.29 is 9.59 Å². The van der Waals surface area contributed by atoms with E-state index in [0.29, 0.717) is 5.56 Å². The highest BCUT2D eigenvalue weighted by molar-refractivity contribution is 5.96. The summed E-state index contributed by atoms with van der Waals surface area (Å²) in [4.78, 5) is 22.8. The first kappa shape index (κ1) is 13.2. The standard InChI is InChI=1S/C12H17N3O2/c1-7-4-5-10(6-8(7)2)12(17)15-14-11(16)9(3)13/h4-6,9H,13H2,1-3H3,(H,14,16)(H,15,17). The summed E-state index contributed by atoms with van der Waals surface area (Å²) >= 11 is 0. The summed E-state index contributed by atoms with van der Waals surface area (Å²) in [6.07, 6.45) is 0. The summed E-state index contributed by atoms with van der Waals surface area (Å²) < 4.78 is 0. The second kappa shape index (κ2) is 5.45. The van der Waals surface area contributed by atoms with Crippen molar-refractivity contribution in [2.45, 2.75) is 26.8 Å². The largest absolute Gasteiger partial charge is 0.320 e. The van der Waals surface area contributed by atoms with Crippen molar-refractivity contribution >= 4 is 11.8 Å². The monoisotopic (exact) mass is 235 g/mol. The van der Waals surface area contributed by atoms with Gasteiger partial charge in [-0.3, -0.25) is 20.4 Å². The number of carbonyl (C=O) groups excluding carboxylic acids is 2. The third kappa shape index (κ3) is 3.57. The second-order valence-corrected chi connectivity index (χ2v) is 4.03. The smallest absolute Gasteiger partial charge is 0.269 e. The Morgan fingerprint density at radius 1 is 1.18 bits per heavy atom. The highest BCUT2D eigenvalue weighted by Crippen LogP contribution is 2.09. The topological polar surface area (TPSA) is 84.2 Å². The number of nitrogens with one attached hydrogen (secondary N) is 2. The third-order valence-electron chi connectivity index (χ3n) is 2.48. The van der Waals surface area contributed by atoms with Gasteiger partial charge in [0.2, 0.25) is 0 Å². The van der Waals surface area contributed by atoms with Gasteiger partial charge in [-0.05, 0) is 44.0 Å². The summed E-state index contributed by atoms with van der Waals surface area (Å²) in [5.74, 6) is -0.788. The molecule has 0 fully saturated rings. The average Bonchev–Trinajstić information content (AvgIpc) is 2.28. The van der Waals surface area contributed by atoms with E-state index in [1.807, 2.05) is 19.9 Å². The van der Waals surface area contributed by atoms with Gasteiger partial charge in [0.05, 0.1) is 6.04 Å². The number of rotatable bonds is 2. The summed E-state index contributed by atoms with van der Waals surface area (Å²) in [6, 6.07) is 4.67. The molecule has 0 aliphatic rings. The normalized spacial score (nSPS) is 11.8. The molecule has 0 aromatic heterocycles. The van der Waals surface area contributed by atoms with Crippen LogP contribution in [0.1, 0.15) is 28.4 Å². The van der Waals surface area contributed by atoms with Crippen LogP contribution in [0.4, 0.5) is 0 Å². The van der Waals surface area contributed by atoms with Gasteiger partial charge in [0.1, 0.15) is 0 Å². The van der Waals surface area contributed by atoms with Gasteiger partial charge in [0.25, 0.3) is 11.8 Å². The molecule has 0 aliphatic carbocycles. The molecule has 1 rings (SSSR count). The van der Waals surface area contributed by atoms with Gasteiger partial charge in [-0.1, -0.05) is 6.07 Å². The van der Waals surface area contributed by atoms with Crippen LogP contribution in [-0.2, 0) is 4.79 Å². The molecule has 1 aromatic rings. The van der Waals surface area contributed by atoms with E-state index < -0.39 is 11.9 Å². The van der Waals surface area contributed by atoms with Crippen LogP contribution in [-0.4, -0.2) is 17.9 Å². The van der Waals surface area contributed by atoms with Crippen LogP contribution < -0.4 is 16.6 Å². The van der Waals surface area contributed by atoms with Gasteiger partial charge < -0.3 is 5.73 Å². The molecule has 0 bridgehead atoms. The van der Waals surface area contributed by atoms with E-state index in [0.717, 1.165) is 11.1 Å². The quantitative estimate of drug-likeness (QED) is 0.649. The minimum absolute atomic E-state index is 0.359. The Labute approximate surface area is 100 Å². The fourth-order valence-electron chi connectivity index (χ4n) is 1.19. The first-order valence-electron chi connectivity index (χ1n) is 5.35. The van der Waals surface area contributed by atoms with Gasteiger partial charge >= 0.3 is 0 Å². The lowest BCUT2D eigenvalue weighted by molar-refractivity contribution is -0.122. The maximum Gasteiger partial charge on any atom is 0.269 e. The van der Waals surface area contributed by atoms with Crippen LogP contribution >= 0.6 is 0 Å². The highest BCUT2D eigenvalue weighted by Gasteiger charge is 2.10. The van der Waals surface area contributed by atoms with E-state index in [1.165, 1.54) is 6.92 Å². The Bertz CT molecular complexity index is 441. The Morgan fingerprint density at radius 2 is 1.82 bits per heavy atom. The van der Waals surface area contributed by atoms with Crippen LogP contribution in [0.15, 0.2) is 18.2 Å². The van der Waals surface area contributed by atoms with Crippen molar-refractivity contribution in [3.8, 4) is 0 Å². The average molecular weight is 235 g/mol. The van der Waals surface area contributed by atoms with E-state index in [1.54, 1.807) is 12.1 Å². The van der Waals surface area contributed by atoms with Crippen molar-refractivity contribution in [1.29, 1.82) is 0 Å². The molecule has 0 aliphatic heterocycles. The molecule has 17 heavy (non-hydrogen) atoms. The molecule has 4 N–H and O–H groups in total. The second-order valence-electron chi connectivity index (χ2n) is 4.03. The summed E-state index contributed by atoms with van der Waals surface area (Å²) in [7, 11) is 0. The summed E-state index contributed by atoms with van der Waals surface area (Å²) in [6.45, 7) is 5.43. The Hall–Kier alpha value is -1.88. The number of hydrazine groups is 1. The molecule has 0 heterocycles. The van der Waals surface area contributed by atoms with Crippen LogP contribution in [0, 0.1) is 13.8 Å². The molecular formula is C12H17N3O2. The molecule has 1 aromatic carbocycles. The van der Waals surface area contributed by atoms with Gasteiger partial charge in [-0.25, -0.2) is 0 Å². The van der Waals surface area contributed by atoms with Crippen molar-refractivity contribution in [3.63, 3.8) is 0 Å². The number of benzene rings is 1. The first-order valence-corrected chi connectivity index (χ1v) is 5.35. The fraction of sp³-hybridized carbons (Fsp3) is 0.333. The van der Waals surface area contributed by atoms with E-state index in [-0.39, 0.29) is 5.91 Å². The zero-order valence-corrected chi connectivity index (χ0v) is 10.2. The fourth-order valence-corrected chi connectivity index (χ4v) is 1.19. The zero-order chi connectivity index (χ0) is 13.0. The number of hydrogen-bond acceptors (Lipinski definition) is 3. The van der Waals surface area contributed by atoms with Crippen LogP contribution in [0.5, 0.6) is 0 Å². The maximum atomic E-state index is 11.7. The molecule has 2 amide bonds. The predicted molar refractivity (Wildman–Crippen MR) is 65.2 cm³/mol. The van der Waals surface area contributed by atoms with Crippen molar-refractivity contribution in [3.05, 3.63) is 34.9 Å². The molecule has 0 spiro atoms. The molecule has 0 saturated heterocycles. The Balaban J connectivity index is 2.64. The van der Waals surface area contributed by atoms with Crippen molar-refractivity contribution in [2.24, 2.45) is 5.73 Å². The van der Waals surface area contributed by atoms with Crippen LogP contribution in [0.3, 0.4) is 0 Å². The van der Waals surface area contributed by atoms with Gasteiger partial charge in [-0.15, -0.1) is 0 Å². The number of amides is 2. The third-order valence-corrected chi connectivity index (χ3v) is 2.48. The number of aryl methyl sites for hydroxylation is 2. The molecule has 1 atom stereocenters. The Kier molecular flexibility index (Phi) is 4.23. The van der Waals surface area contributed by atoms with Gasteiger partial charge in [0.15, 0.2) is 0 Å². The molecule has 1 unspecified atom stereocenters. The SMILES string of the molecule is Cc1ccc(C(=O)NNC(=O)C(C)N)cc1C. The number of nitrogens with two attached hydrogens (primary N) is 1. The van der Waals surface area contributed by atoms with E-state index in [9.17, 15) is 9.59 Å². The zero-order valence-electron chi connectivity index (χ0n) is 10.2. The van der Waals surface area contributed by atoms with Crippen LogP contribution in [0.2, 0.25) is 0 Å². The van der Waals surface area contributed by atoms with Crippen LogP contribution in [0.25, 0.3) is 0 Å². The lowest BCUT2D eigenvalue weighted by Gasteiger charge is -2.10. The van der Waals surface area contributed by atoms with E-state index in [4.69, 9.17) is 5.73 Å². The van der Waals surface area contributed by atoms with Crippen molar-refractivity contribution in [2.75, 3.05) is 0 Å². The predicted octanol–water partition coefficient (Wildman–Crippen LogP) is 0.412. The lowest BCUT2D eigenvalue weighted by Crippen LogP contribution is -2.48. The van der Waals surface area contributed by atoms with E-state index >= 15 is 0 Å². The number of hydrogen-bond donors (Lipinski definition) is 3. The van der Waals surface area contributed by atoms with E-state index in [2.05, 4.69) is 10.9 Å². The highest BCUT2D eigenvalue weighted by atomic mass is 16.2. The number of carbonyl (C=O) groups is 2. The first-order chi connectivity index (χ1) is 7.91. The molecule has 5 nitrogen and oxygen atoms in total. The lowest BCUT2D eigenvalue weighted by atomic mass is 10.1. The molecule has 0 saturated carbocycles. The minimum Gasteiger partial charge on any atom is -0.320 e. The van der Waals surface area contributed by atoms with Gasteiger partial charge in [-0.2, -0.15) is 0 Å². The van der Waals surface area contributed by atoms with Gasteiger partial charge in [0, 0.05) is 5.56 Å². The molecule has 92 valence electrons. The van der Waals surface area contributed by atoms with Crippen molar-refractivity contribution in [1.82, 2.24) is 10.9 Å². The molecule has 0 radical (unpaired) electrons. The summed E-state index contributed by atoms with van der Waals surface area (Å²) in [5.41, 5.74) is 12.5. The minimum atomic E-state index is -0.657. The molecule has 5 heteroatoms. The Morgan fingerprint density at radius 3 is 2.35 bits per heavy atom.